The first kappa shape index (κ1) is 20.9. The largest absolute Gasteiger partial charge is 0.353 e. The van der Waals surface area contributed by atoms with Gasteiger partial charge in [-0.3, -0.25) is 0 Å². The average molecular weight is 370 g/mol. The smallest absolute Gasteiger partial charge is 0.194 e. The van der Waals surface area contributed by atoms with Crippen molar-refractivity contribution < 1.29 is 4.18 Å². The molecule has 0 heterocycles. The number of nitrogens with zero attached hydrogens (tertiary/aromatic N) is 2. The molecule has 5 heteroatoms. The molecule has 0 radical (unpaired) electrons. The molecule has 2 rings (SSSR count). The molecule has 0 aromatic rings. The second-order valence-corrected chi connectivity index (χ2v) is 8.72. The first-order valence-corrected chi connectivity index (χ1v) is 11.4. The Morgan fingerprint density at radius 2 is 1.76 bits per heavy atom. The molecule has 0 spiro atoms. The highest BCUT2D eigenvalue weighted by molar-refractivity contribution is 7.94. The van der Waals surface area contributed by atoms with E-state index in [1.165, 1.54) is 70.2 Å². The van der Waals surface area contributed by atoms with Crippen LogP contribution in [0, 0.1) is 5.92 Å². The quantitative estimate of drug-likeness (QED) is 0.377. The van der Waals surface area contributed by atoms with Crippen molar-refractivity contribution in [3.63, 3.8) is 0 Å². The van der Waals surface area contributed by atoms with E-state index in [2.05, 4.69) is 24.1 Å². The van der Waals surface area contributed by atoms with Gasteiger partial charge in [-0.05, 0) is 50.6 Å². The Hall–Kier alpha value is -0.420. The van der Waals surface area contributed by atoms with Gasteiger partial charge in [-0.25, -0.2) is 4.99 Å². The monoisotopic (exact) mass is 369 g/mol. The topological polar surface area (TPSA) is 36.9 Å². The van der Waals surface area contributed by atoms with Crippen LogP contribution in [0.1, 0.15) is 78.1 Å². The van der Waals surface area contributed by atoms with Crippen molar-refractivity contribution >= 4 is 18.0 Å². The lowest BCUT2D eigenvalue weighted by Gasteiger charge is -2.33. The molecule has 1 unspecified atom stereocenters. The number of guanidine groups is 1. The molecule has 0 aromatic heterocycles. The minimum Gasteiger partial charge on any atom is -0.353 e. The van der Waals surface area contributed by atoms with Gasteiger partial charge in [-0.2, -0.15) is 0 Å². The summed E-state index contributed by atoms with van der Waals surface area (Å²) in [6.07, 6.45) is 13.3. The van der Waals surface area contributed by atoms with Crippen molar-refractivity contribution in [2.45, 2.75) is 90.1 Å². The summed E-state index contributed by atoms with van der Waals surface area (Å²) in [6, 6.07) is 1.14. The number of hydrogen-bond acceptors (Lipinski definition) is 3. The van der Waals surface area contributed by atoms with E-state index in [-0.39, 0.29) is 0 Å². The van der Waals surface area contributed by atoms with Crippen LogP contribution >= 0.6 is 12.0 Å². The van der Waals surface area contributed by atoms with E-state index >= 15 is 0 Å². The summed E-state index contributed by atoms with van der Waals surface area (Å²) in [4.78, 5) is 7.70. The molecule has 2 fully saturated rings. The van der Waals surface area contributed by atoms with Crippen LogP contribution in [0.4, 0.5) is 0 Å². The molecule has 2 aliphatic rings. The molecule has 0 saturated heterocycles. The second kappa shape index (κ2) is 12.1. The summed E-state index contributed by atoms with van der Waals surface area (Å²) in [7, 11) is 1.76. The molecule has 1 N–H and O–H groups in total. The Labute approximate surface area is 159 Å². The molecular formula is C20H39N3OS. The lowest BCUT2D eigenvalue weighted by molar-refractivity contribution is 0.338. The number of aliphatic imine (C=N–C) groups is 1. The predicted octanol–water partition coefficient (Wildman–Crippen LogP) is 4.85. The van der Waals surface area contributed by atoms with Crippen molar-refractivity contribution in [3.05, 3.63) is 0 Å². The molecule has 0 amide bonds. The fourth-order valence-corrected chi connectivity index (χ4v) is 4.48. The Balaban J connectivity index is 2.02. The minimum atomic E-state index is 0.526. The lowest BCUT2D eigenvalue weighted by atomic mass is 9.95. The summed E-state index contributed by atoms with van der Waals surface area (Å²) in [5, 5.41) is 3.85. The second-order valence-electron chi connectivity index (χ2n) is 7.82. The number of nitrogens with one attached hydrogen (secondary N) is 1. The van der Waals surface area contributed by atoms with E-state index in [1.54, 1.807) is 19.2 Å². The summed E-state index contributed by atoms with van der Waals surface area (Å²) in [6.45, 7) is 6.65. The summed E-state index contributed by atoms with van der Waals surface area (Å²) >= 11 is 1.56. The third-order valence-electron chi connectivity index (χ3n) is 5.50. The van der Waals surface area contributed by atoms with Crippen LogP contribution in [0.15, 0.2) is 4.99 Å². The molecule has 0 aliphatic heterocycles. The number of rotatable bonds is 8. The van der Waals surface area contributed by atoms with Crippen LogP contribution in [0.5, 0.6) is 0 Å². The van der Waals surface area contributed by atoms with Crippen molar-refractivity contribution in [1.82, 2.24) is 10.2 Å². The van der Waals surface area contributed by atoms with Gasteiger partial charge < -0.3 is 14.4 Å². The maximum absolute atomic E-state index is 5.23. The average Bonchev–Trinajstić information content (AvgIpc) is 2.65. The first-order chi connectivity index (χ1) is 12.2. The van der Waals surface area contributed by atoms with E-state index < -0.39 is 0 Å². The Morgan fingerprint density at radius 3 is 2.36 bits per heavy atom. The highest BCUT2D eigenvalue weighted by atomic mass is 32.2. The van der Waals surface area contributed by atoms with E-state index in [0.717, 1.165) is 18.8 Å². The fourth-order valence-electron chi connectivity index (χ4n) is 4.00. The van der Waals surface area contributed by atoms with E-state index in [9.17, 15) is 0 Å². The standard InChI is InChI=1S/C20H39N3OS/c1-4-23(15-17(2)16-25-24-3)20(21-18-11-7-5-8-12-18)22-19-13-9-6-10-14-19/h17-19H,4-16H2,1-3H3,(H,21,22). The van der Waals surface area contributed by atoms with Crippen LogP contribution in [-0.4, -0.2) is 48.9 Å². The highest BCUT2D eigenvalue weighted by Gasteiger charge is 2.21. The van der Waals surface area contributed by atoms with Gasteiger partial charge in [0.25, 0.3) is 0 Å². The molecule has 146 valence electrons. The van der Waals surface area contributed by atoms with Crippen LogP contribution in [0.25, 0.3) is 0 Å². The van der Waals surface area contributed by atoms with Crippen LogP contribution in [0.3, 0.4) is 0 Å². The molecule has 0 bridgehead atoms. The minimum absolute atomic E-state index is 0.526. The normalized spacial score (nSPS) is 22.0. The fraction of sp³-hybridized carbons (Fsp3) is 0.950. The van der Waals surface area contributed by atoms with Crippen molar-refractivity contribution in [3.8, 4) is 0 Å². The Bertz CT molecular complexity index is 379. The molecular weight excluding hydrogens is 330 g/mol. The zero-order chi connectivity index (χ0) is 17.9. The molecule has 1 atom stereocenters. The molecule has 4 nitrogen and oxygen atoms in total. The Morgan fingerprint density at radius 1 is 1.12 bits per heavy atom. The lowest BCUT2D eigenvalue weighted by Crippen LogP contribution is -2.48. The Kier molecular flexibility index (Phi) is 10.1. The van der Waals surface area contributed by atoms with Crippen molar-refractivity contribution in [2.24, 2.45) is 10.9 Å². The zero-order valence-corrected chi connectivity index (χ0v) is 17.5. The molecule has 25 heavy (non-hydrogen) atoms. The summed E-state index contributed by atoms with van der Waals surface area (Å²) < 4.78 is 5.18. The maximum atomic E-state index is 5.23. The molecule has 0 aromatic carbocycles. The van der Waals surface area contributed by atoms with Gasteiger partial charge in [0.1, 0.15) is 0 Å². The van der Waals surface area contributed by atoms with Crippen molar-refractivity contribution in [2.75, 3.05) is 26.0 Å². The van der Waals surface area contributed by atoms with Gasteiger partial charge in [0.15, 0.2) is 5.96 Å². The van der Waals surface area contributed by atoms with Crippen LogP contribution in [-0.2, 0) is 4.18 Å². The van der Waals surface area contributed by atoms with Gasteiger partial charge in [-0.1, -0.05) is 45.4 Å². The van der Waals surface area contributed by atoms with Gasteiger partial charge in [0.05, 0.1) is 13.2 Å². The highest BCUT2D eigenvalue weighted by Crippen LogP contribution is 2.22. The van der Waals surface area contributed by atoms with Gasteiger partial charge in [-0.15, -0.1) is 0 Å². The van der Waals surface area contributed by atoms with Crippen molar-refractivity contribution in [1.29, 1.82) is 0 Å². The first-order valence-electron chi connectivity index (χ1n) is 10.5. The molecule has 2 saturated carbocycles. The summed E-state index contributed by atoms with van der Waals surface area (Å²) in [5.41, 5.74) is 0. The third-order valence-corrected chi connectivity index (χ3v) is 6.44. The van der Waals surface area contributed by atoms with Gasteiger partial charge >= 0.3 is 0 Å². The molecule has 2 aliphatic carbocycles. The van der Waals surface area contributed by atoms with Crippen LogP contribution in [0.2, 0.25) is 0 Å². The summed E-state index contributed by atoms with van der Waals surface area (Å²) in [5.74, 6) is 2.80. The van der Waals surface area contributed by atoms with Gasteiger partial charge in [0.2, 0.25) is 0 Å². The van der Waals surface area contributed by atoms with Gasteiger partial charge in [0, 0.05) is 24.9 Å². The SMILES string of the molecule is CCN(CC(C)CSOC)/C(=N\C1CCCCC1)NC1CCCCC1. The van der Waals surface area contributed by atoms with E-state index in [4.69, 9.17) is 9.18 Å². The zero-order valence-electron chi connectivity index (χ0n) is 16.6. The predicted molar refractivity (Wildman–Crippen MR) is 110 cm³/mol. The third kappa shape index (κ3) is 7.78. The number of hydrogen-bond donors (Lipinski definition) is 1. The van der Waals surface area contributed by atoms with Crippen LogP contribution < -0.4 is 5.32 Å². The van der Waals surface area contributed by atoms with E-state index in [0.29, 0.717) is 18.0 Å². The maximum Gasteiger partial charge on any atom is 0.194 e. The van der Waals surface area contributed by atoms with E-state index in [1.807, 2.05) is 0 Å².